The van der Waals surface area contributed by atoms with Crippen LogP contribution in [0.15, 0.2) is 0 Å². The average molecular weight is 405 g/mol. The Kier molecular flexibility index (Phi) is 7.20. The minimum Gasteiger partial charge on any atom is -0.426 e. The largest absolute Gasteiger partial charge is 0.469 e. The van der Waals surface area contributed by atoms with Gasteiger partial charge in [-0.3, -0.25) is 4.79 Å². The molecule has 5 N–H and O–H groups in total. The molecule has 2 saturated carbocycles. The predicted octanol–water partition coefficient (Wildman–Crippen LogP) is 1.54. The Morgan fingerprint density at radius 1 is 0.931 bits per heavy atom. The second kappa shape index (κ2) is 9.67. The minimum atomic E-state index is -1.34. The molecule has 0 aromatic carbocycles. The topological polar surface area (TPSA) is 98.8 Å². The molecule has 1 amide bonds. The molecule has 6 nitrogen and oxygen atoms in total. The highest BCUT2D eigenvalue weighted by atomic mass is 16.4. The Morgan fingerprint density at radius 3 is 2.38 bits per heavy atom. The van der Waals surface area contributed by atoms with Gasteiger partial charge in [-0.15, -0.1) is 0 Å². The maximum atomic E-state index is 13.4. The summed E-state index contributed by atoms with van der Waals surface area (Å²) >= 11 is 0. The second-order valence-electron chi connectivity index (χ2n) is 10.3. The van der Waals surface area contributed by atoms with Crippen LogP contribution >= 0.6 is 0 Å². The standard InChI is InChI=1S/C22H40BN3O3/c24-14-15-3-1-5-18(13-15)16-9-11-26(12-10-16)22(27)19-6-2-4-17-7-8-20(23(28)29)25-21(17)19/h15-21,25,28-29H,1-14,24H2. The Hall–Kier alpha value is -0.625. The Morgan fingerprint density at radius 2 is 1.66 bits per heavy atom. The molecule has 2 heterocycles. The summed E-state index contributed by atoms with van der Waals surface area (Å²) in [6.07, 6.45) is 12.5. The van der Waals surface area contributed by atoms with Gasteiger partial charge in [-0.25, -0.2) is 0 Å². The van der Waals surface area contributed by atoms with Crippen molar-refractivity contribution in [3.8, 4) is 0 Å². The molecule has 4 fully saturated rings. The number of hydrogen-bond donors (Lipinski definition) is 4. The Balaban J connectivity index is 1.33. The minimum absolute atomic E-state index is 0.00292. The number of carbonyl (C=O) groups is 1. The molecule has 2 saturated heterocycles. The van der Waals surface area contributed by atoms with E-state index in [0.29, 0.717) is 17.7 Å². The molecule has 2 aliphatic heterocycles. The van der Waals surface area contributed by atoms with Crippen LogP contribution in [0, 0.1) is 29.6 Å². The van der Waals surface area contributed by atoms with E-state index in [9.17, 15) is 14.8 Å². The van der Waals surface area contributed by atoms with E-state index in [-0.39, 0.29) is 17.9 Å². The highest BCUT2D eigenvalue weighted by Gasteiger charge is 2.45. The molecule has 0 aromatic heterocycles. The summed E-state index contributed by atoms with van der Waals surface area (Å²) in [5, 5.41) is 22.7. The van der Waals surface area contributed by atoms with Crippen LogP contribution in [0.2, 0.25) is 0 Å². The van der Waals surface area contributed by atoms with Crippen molar-refractivity contribution in [3.63, 3.8) is 0 Å². The molecule has 0 radical (unpaired) electrons. The lowest BCUT2D eigenvalue weighted by Gasteiger charge is -2.46. The molecule has 0 spiro atoms. The third-order valence-corrected chi connectivity index (χ3v) is 8.64. The maximum Gasteiger partial charge on any atom is 0.469 e. The third-order valence-electron chi connectivity index (χ3n) is 8.64. The Bertz CT molecular complexity index is 555. The van der Waals surface area contributed by atoms with Gasteiger partial charge in [0.1, 0.15) is 0 Å². The molecule has 164 valence electrons. The van der Waals surface area contributed by atoms with Gasteiger partial charge in [-0.2, -0.15) is 0 Å². The van der Waals surface area contributed by atoms with Crippen LogP contribution in [-0.2, 0) is 4.79 Å². The quantitative estimate of drug-likeness (QED) is 0.532. The normalized spacial score (nSPS) is 39.1. The molecule has 4 rings (SSSR count). The molecular weight excluding hydrogens is 365 g/mol. The maximum absolute atomic E-state index is 13.4. The van der Waals surface area contributed by atoms with Gasteiger partial charge in [-0.1, -0.05) is 19.3 Å². The number of carbonyl (C=O) groups excluding carboxylic acids is 1. The van der Waals surface area contributed by atoms with Crippen molar-refractivity contribution < 1.29 is 14.8 Å². The molecule has 6 atom stereocenters. The number of piperidine rings is 2. The number of nitrogens with zero attached hydrogens (tertiary/aromatic N) is 1. The van der Waals surface area contributed by atoms with Crippen molar-refractivity contribution in [3.05, 3.63) is 0 Å². The predicted molar refractivity (Wildman–Crippen MR) is 115 cm³/mol. The van der Waals surface area contributed by atoms with Crippen LogP contribution in [0.1, 0.15) is 70.6 Å². The van der Waals surface area contributed by atoms with Gasteiger partial charge in [-0.05, 0) is 81.6 Å². The first-order chi connectivity index (χ1) is 14.1. The van der Waals surface area contributed by atoms with Crippen LogP contribution in [0.3, 0.4) is 0 Å². The van der Waals surface area contributed by atoms with Gasteiger partial charge in [0, 0.05) is 25.1 Å². The first-order valence-electron chi connectivity index (χ1n) is 12.2. The molecule has 4 aliphatic rings. The summed E-state index contributed by atoms with van der Waals surface area (Å²) in [5.41, 5.74) is 5.93. The fourth-order valence-corrected chi connectivity index (χ4v) is 6.90. The van der Waals surface area contributed by atoms with Crippen molar-refractivity contribution >= 4 is 13.0 Å². The van der Waals surface area contributed by atoms with Gasteiger partial charge >= 0.3 is 7.12 Å². The smallest absolute Gasteiger partial charge is 0.426 e. The van der Waals surface area contributed by atoms with Gasteiger partial charge in [0.05, 0.1) is 5.92 Å². The number of likely N-dealkylation sites (tertiary alicyclic amines) is 1. The van der Waals surface area contributed by atoms with E-state index in [2.05, 4.69) is 10.2 Å². The summed E-state index contributed by atoms with van der Waals surface area (Å²) in [7, 11) is -1.34. The SMILES string of the molecule is NCC1CCCC(C2CCN(C(=O)C3CCCC4CCC(B(O)O)NC43)CC2)C1. The van der Waals surface area contributed by atoms with E-state index < -0.39 is 7.12 Å². The zero-order chi connectivity index (χ0) is 20.4. The molecule has 2 aliphatic carbocycles. The van der Waals surface area contributed by atoms with Crippen molar-refractivity contribution in [2.75, 3.05) is 19.6 Å². The van der Waals surface area contributed by atoms with Crippen LogP contribution in [-0.4, -0.2) is 59.6 Å². The molecular formula is C22H40BN3O3. The van der Waals surface area contributed by atoms with E-state index in [1.807, 2.05) is 0 Å². The zero-order valence-electron chi connectivity index (χ0n) is 17.8. The van der Waals surface area contributed by atoms with Gasteiger partial charge in [0.15, 0.2) is 0 Å². The number of hydrogen-bond acceptors (Lipinski definition) is 5. The molecule has 7 heteroatoms. The lowest BCUT2D eigenvalue weighted by Crippen LogP contribution is -2.61. The lowest BCUT2D eigenvalue weighted by molar-refractivity contribution is -0.140. The molecule has 0 bridgehead atoms. The van der Waals surface area contributed by atoms with Crippen LogP contribution in [0.5, 0.6) is 0 Å². The van der Waals surface area contributed by atoms with E-state index in [0.717, 1.165) is 76.4 Å². The van der Waals surface area contributed by atoms with Crippen molar-refractivity contribution in [2.45, 2.75) is 82.6 Å². The summed E-state index contributed by atoms with van der Waals surface area (Å²) in [5.74, 6) is 2.79. The number of nitrogens with one attached hydrogen (secondary N) is 1. The Labute approximate surface area is 176 Å². The highest BCUT2D eigenvalue weighted by Crippen LogP contribution is 2.40. The first-order valence-corrected chi connectivity index (χ1v) is 12.2. The summed E-state index contributed by atoms with van der Waals surface area (Å²) in [6.45, 7) is 2.62. The fourth-order valence-electron chi connectivity index (χ4n) is 6.90. The monoisotopic (exact) mass is 405 g/mol. The van der Waals surface area contributed by atoms with Crippen LogP contribution in [0.4, 0.5) is 0 Å². The first kappa shape index (κ1) is 21.6. The summed E-state index contributed by atoms with van der Waals surface area (Å²) in [6, 6.07) is 0.109. The molecule has 6 unspecified atom stereocenters. The highest BCUT2D eigenvalue weighted by molar-refractivity contribution is 6.43. The summed E-state index contributed by atoms with van der Waals surface area (Å²) in [4.78, 5) is 15.5. The number of nitrogens with two attached hydrogens (primary N) is 1. The van der Waals surface area contributed by atoms with E-state index in [1.54, 1.807) is 0 Å². The third kappa shape index (κ3) is 4.84. The molecule has 29 heavy (non-hydrogen) atoms. The second-order valence-corrected chi connectivity index (χ2v) is 10.3. The number of amides is 1. The van der Waals surface area contributed by atoms with E-state index in [1.165, 1.54) is 25.7 Å². The lowest BCUT2D eigenvalue weighted by atomic mass is 9.65. The van der Waals surface area contributed by atoms with E-state index >= 15 is 0 Å². The molecule has 0 aromatic rings. The van der Waals surface area contributed by atoms with Crippen molar-refractivity contribution in [1.29, 1.82) is 0 Å². The van der Waals surface area contributed by atoms with Crippen LogP contribution < -0.4 is 11.1 Å². The number of fused-ring (bicyclic) bond motifs is 1. The van der Waals surface area contributed by atoms with Gasteiger partial charge in [0.25, 0.3) is 0 Å². The average Bonchev–Trinajstić information content (AvgIpc) is 2.78. The number of rotatable bonds is 4. The van der Waals surface area contributed by atoms with Gasteiger partial charge < -0.3 is 26.0 Å². The van der Waals surface area contributed by atoms with Crippen molar-refractivity contribution in [2.24, 2.45) is 35.3 Å². The van der Waals surface area contributed by atoms with E-state index in [4.69, 9.17) is 5.73 Å². The fraction of sp³-hybridized carbons (Fsp3) is 0.955. The zero-order valence-corrected chi connectivity index (χ0v) is 17.8. The summed E-state index contributed by atoms with van der Waals surface area (Å²) < 4.78 is 0. The van der Waals surface area contributed by atoms with Crippen molar-refractivity contribution in [1.82, 2.24) is 10.2 Å². The van der Waals surface area contributed by atoms with Crippen LogP contribution in [0.25, 0.3) is 0 Å². The van der Waals surface area contributed by atoms with Gasteiger partial charge in [0.2, 0.25) is 5.91 Å².